The lowest BCUT2D eigenvalue weighted by Gasteiger charge is -2.14. The van der Waals surface area contributed by atoms with Crippen LogP contribution in [-0.4, -0.2) is 35.7 Å². The van der Waals surface area contributed by atoms with Crippen LogP contribution >= 0.6 is 0 Å². The summed E-state index contributed by atoms with van der Waals surface area (Å²) in [4.78, 5) is 22.0. The second-order valence-corrected chi connectivity index (χ2v) is 5.34. The molecule has 0 saturated carbocycles. The normalized spacial score (nSPS) is 11.5. The van der Waals surface area contributed by atoms with Gasteiger partial charge in [0.25, 0.3) is 11.6 Å². The summed E-state index contributed by atoms with van der Waals surface area (Å²) in [6.07, 6.45) is -0.976. The number of aliphatic hydroxyl groups is 1. The predicted molar refractivity (Wildman–Crippen MR) is 94.2 cm³/mol. The number of para-hydroxylation sites is 2. The van der Waals surface area contributed by atoms with Gasteiger partial charge in [0.15, 0.2) is 18.1 Å². The highest BCUT2D eigenvalue weighted by molar-refractivity contribution is 5.77. The van der Waals surface area contributed by atoms with Crippen molar-refractivity contribution in [2.75, 3.05) is 19.8 Å². The molecule has 0 heterocycles. The predicted octanol–water partition coefficient (Wildman–Crippen LogP) is 2.22. The molecule has 0 fully saturated rings. The third-order valence-electron chi connectivity index (χ3n) is 3.49. The fourth-order valence-electron chi connectivity index (χ4n) is 2.19. The van der Waals surface area contributed by atoms with Crippen molar-refractivity contribution in [2.45, 2.75) is 13.0 Å². The maximum Gasteiger partial charge on any atom is 0.269 e. The SMILES string of the molecule is CCOc1ccccc1OCC(=O)NC[C@@H](O)c1ccc([N+](=O)[O-])cc1. The summed E-state index contributed by atoms with van der Waals surface area (Å²) < 4.78 is 10.8. The van der Waals surface area contributed by atoms with E-state index in [0.717, 1.165) is 0 Å². The molecular formula is C18H20N2O6. The van der Waals surface area contributed by atoms with E-state index >= 15 is 0 Å². The van der Waals surface area contributed by atoms with Crippen LogP contribution in [0.2, 0.25) is 0 Å². The first-order chi connectivity index (χ1) is 12.5. The van der Waals surface area contributed by atoms with Crippen molar-refractivity contribution in [3.8, 4) is 11.5 Å². The third kappa shape index (κ3) is 5.45. The zero-order chi connectivity index (χ0) is 18.9. The zero-order valence-corrected chi connectivity index (χ0v) is 14.3. The van der Waals surface area contributed by atoms with Crippen LogP contribution in [0.25, 0.3) is 0 Å². The lowest BCUT2D eigenvalue weighted by Crippen LogP contribution is -2.32. The Bertz CT molecular complexity index is 748. The van der Waals surface area contributed by atoms with Gasteiger partial charge in [-0.15, -0.1) is 0 Å². The molecule has 0 bridgehead atoms. The number of amides is 1. The molecule has 8 heteroatoms. The molecule has 0 saturated heterocycles. The molecule has 0 aliphatic heterocycles. The zero-order valence-electron chi connectivity index (χ0n) is 14.3. The topological polar surface area (TPSA) is 111 Å². The first-order valence-electron chi connectivity index (χ1n) is 8.05. The minimum absolute atomic E-state index is 0.0346. The number of benzene rings is 2. The van der Waals surface area contributed by atoms with E-state index in [1.807, 2.05) is 6.92 Å². The van der Waals surface area contributed by atoms with Crippen LogP contribution in [-0.2, 0) is 4.79 Å². The van der Waals surface area contributed by atoms with Crippen LogP contribution in [0.1, 0.15) is 18.6 Å². The molecule has 0 aliphatic carbocycles. The van der Waals surface area contributed by atoms with Gasteiger partial charge < -0.3 is 19.9 Å². The van der Waals surface area contributed by atoms with Gasteiger partial charge in [0.1, 0.15) is 0 Å². The van der Waals surface area contributed by atoms with E-state index in [1.165, 1.54) is 24.3 Å². The Morgan fingerprint density at radius 3 is 2.35 bits per heavy atom. The van der Waals surface area contributed by atoms with E-state index < -0.39 is 16.9 Å². The first kappa shape index (κ1) is 19.2. The molecule has 2 aromatic carbocycles. The van der Waals surface area contributed by atoms with Crippen LogP contribution in [0.15, 0.2) is 48.5 Å². The molecule has 8 nitrogen and oxygen atoms in total. The van der Waals surface area contributed by atoms with E-state index in [2.05, 4.69) is 5.32 Å². The van der Waals surface area contributed by atoms with E-state index in [0.29, 0.717) is 23.7 Å². The summed E-state index contributed by atoms with van der Waals surface area (Å²) in [6.45, 7) is 2.07. The van der Waals surface area contributed by atoms with Crippen molar-refractivity contribution < 1.29 is 24.3 Å². The summed E-state index contributed by atoms with van der Waals surface area (Å²) in [5, 5.41) is 23.2. The Labute approximate surface area is 150 Å². The highest BCUT2D eigenvalue weighted by Crippen LogP contribution is 2.26. The molecule has 0 radical (unpaired) electrons. The van der Waals surface area contributed by atoms with Crippen LogP contribution < -0.4 is 14.8 Å². The minimum Gasteiger partial charge on any atom is -0.490 e. The summed E-state index contributed by atoms with van der Waals surface area (Å²) in [7, 11) is 0. The summed E-state index contributed by atoms with van der Waals surface area (Å²) >= 11 is 0. The summed E-state index contributed by atoms with van der Waals surface area (Å²) in [5.74, 6) is 0.603. The maximum absolute atomic E-state index is 11.9. The number of nitro benzene ring substituents is 1. The number of carbonyl (C=O) groups is 1. The molecule has 138 valence electrons. The second-order valence-electron chi connectivity index (χ2n) is 5.34. The number of aliphatic hydroxyl groups excluding tert-OH is 1. The number of nitrogens with one attached hydrogen (secondary N) is 1. The standard InChI is InChI=1S/C18H20N2O6/c1-2-25-16-5-3-4-6-17(16)26-12-18(22)19-11-15(21)13-7-9-14(10-8-13)20(23)24/h3-10,15,21H,2,11-12H2,1H3,(H,19,22)/t15-/m1/s1. The highest BCUT2D eigenvalue weighted by atomic mass is 16.6. The molecule has 0 aliphatic rings. The highest BCUT2D eigenvalue weighted by Gasteiger charge is 2.13. The monoisotopic (exact) mass is 360 g/mol. The minimum atomic E-state index is -0.976. The second kappa shape index (κ2) is 9.38. The van der Waals surface area contributed by atoms with Gasteiger partial charge in [0.05, 0.1) is 17.6 Å². The largest absolute Gasteiger partial charge is 0.490 e. The number of nitrogens with zero attached hydrogens (tertiary/aromatic N) is 1. The number of hydrogen-bond acceptors (Lipinski definition) is 6. The van der Waals surface area contributed by atoms with Crippen molar-refractivity contribution in [3.63, 3.8) is 0 Å². The van der Waals surface area contributed by atoms with Crippen LogP contribution in [0, 0.1) is 10.1 Å². The Kier molecular flexibility index (Phi) is 6.92. The number of ether oxygens (including phenoxy) is 2. The number of carbonyl (C=O) groups excluding carboxylic acids is 1. The van der Waals surface area contributed by atoms with Gasteiger partial charge in [-0.05, 0) is 36.8 Å². The molecule has 1 amide bonds. The Balaban J connectivity index is 1.82. The molecule has 0 aromatic heterocycles. The van der Waals surface area contributed by atoms with Crippen molar-refractivity contribution in [3.05, 3.63) is 64.2 Å². The number of non-ortho nitro benzene ring substituents is 1. The quantitative estimate of drug-likeness (QED) is 0.524. The lowest BCUT2D eigenvalue weighted by molar-refractivity contribution is -0.384. The van der Waals surface area contributed by atoms with Gasteiger partial charge in [0, 0.05) is 18.7 Å². The van der Waals surface area contributed by atoms with Crippen molar-refractivity contribution in [1.29, 1.82) is 0 Å². The average molecular weight is 360 g/mol. The van der Waals surface area contributed by atoms with Crippen LogP contribution in [0.4, 0.5) is 5.69 Å². The molecule has 2 rings (SSSR count). The van der Waals surface area contributed by atoms with E-state index in [1.54, 1.807) is 24.3 Å². The first-order valence-corrected chi connectivity index (χ1v) is 8.05. The van der Waals surface area contributed by atoms with Gasteiger partial charge >= 0.3 is 0 Å². The molecule has 26 heavy (non-hydrogen) atoms. The van der Waals surface area contributed by atoms with Gasteiger partial charge in [-0.2, -0.15) is 0 Å². The smallest absolute Gasteiger partial charge is 0.269 e. The van der Waals surface area contributed by atoms with E-state index in [4.69, 9.17) is 9.47 Å². The fraction of sp³-hybridized carbons (Fsp3) is 0.278. The molecule has 0 unspecified atom stereocenters. The molecule has 1 atom stereocenters. The lowest BCUT2D eigenvalue weighted by atomic mass is 10.1. The molecular weight excluding hydrogens is 340 g/mol. The van der Waals surface area contributed by atoms with Crippen molar-refractivity contribution in [2.24, 2.45) is 0 Å². The number of nitro groups is 1. The van der Waals surface area contributed by atoms with Gasteiger partial charge in [-0.25, -0.2) is 0 Å². The molecule has 0 spiro atoms. The molecule has 2 aromatic rings. The van der Waals surface area contributed by atoms with E-state index in [9.17, 15) is 20.0 Å². The Hall–Kier alpha value is -3.13. The van der Waals surface area contributed by atoms with E-state index in [-0.39, 0.29) is 18.8 Å². The fourth-order valence-corrected chi connectivity index (χ4v) is 2.19. The number of rotatable bonds is 9. The van der Waals surface area contributed by atoms with Gasteiger partial charge in [0.2, 0.25) is 0 Å². The average Bonchev–Trinajstić information content (AvgIpc) is 2.65. The van der Waals surface area contributed by atoms with Crippen LogP contribution in [0.5, 0.6) is 11.5 Å². The third-order valence-corrected chi connectivity index (χ3v) is 3.49. The Morgan fingerprint density at radius 1 is 1.15 bits per heavy atom. The van der Waals surface area contributed by atoms with Gasteiger partial charge in [-0.3, -0.25) is 14.9 Å². The summed E-state index contributed by atoms with van der Waals surface area (Å²) in [5.41, 5.74) is 0.407. The van der Waals surface area contributed by atoms with Crippen molar-refractivity contribution in [1.82, 2.24) is 5.32 Å². The maximum atomic E-state index is 11.9. The number of hydrogen-bond donors (Lipinski definition) is 2. The van der Waals surface area contributed by atoms with Gasteiger partial charge in [-0.1, -0.05) is 12.1 Å². The molecule has 2 N–H and O–H groups in total. The summed E-state index contributed by atoms with van der Waals surface area (Å²) in [6, 6.07) is 12.5. The Morgan fingerprint density at radius 2 is 1.77 bits per heavy atom. The van der Waals surface area contributed by atoms with Crippen molar-refractivity contribution >= 4 is 11.6 Å². The van der Waals surface area contributed by atoms with Crippen LogP contribution in [0.3, 0.4) is 0 Å².